The van der Waals surface area contributed by atoms with Gasteiger partial charge in [-0.15, -0.1) is 0 Å². The second-order valence-corrected chi connectivity index (χ2v) is 6.06. The molecule has 0 saturated heterocycles. The van der Waals surface area contributed by atoms with E-state index in [-0.39, 0.29) is 21.8 Å². The molecule has 3 heterocycles. The van der Waals surface area contributed by atoms with Crippen LogP contribution in [0.2, 0.25) is 5.02 Å². The number of nitrogens with one attached hydrogen (secondary N) is 3. The third kappa shape index (κ3) is 3.01. The lowest BCUT2D eigenvalue weighted by Crippen LogP contribution is -2.13. The number of hydrogen-bond acceptors (Lipinski definition) is 5. The van der Waals surface area contributed by atoms with Crippen LogP contribution in [0, 0.1) is 17.1 Å². The van der Waals surface area contributed by atoms with Gasteiger partial charge in [0.15, 0.2) is 5.65 Å². The Hall–Kier alpha value is -3.70. The van der Waals surface area contributed by atoms with Crippen molar-refractivity contribution < 1.29 is 4.39 Å². The van der Waals surface area contributed by atoms with E-state index in [1.54, 1.807) is 12.3 Å². The van der Waals surface area contributed by atoms with E-state index in [1.165, 1.54) is 30.6 Å². The van der Waals surface area contributed by atoms with Crippen molar-refractivity contribution in [1.82, 2.24) is 19.9 Å². The normalized spacial score (nSPS) is 10.7. The summed E-state index contributed by atoms with van der Waals surface area (Å²) in [6.45, 7) is 0. The van der Waals surface area contributed by atoms with Gasteiger partial charge in [-0.05, 0) is 30.3 Å². The number of aromatic amines is 2. The maximum atomic E-state index is 14.2. The number of rotatable bonds is 3. The molecule has 0 saturated carbocycles. The van der Waals surface area contributed by atoms with Crippen LogP contribution < -0.4 is 10.9 Å². The molecule has 0 spiro atoms. The topological polar surface area (TPSA) is 110 Å². The highest BCUT2D eigenvalue weighted by atomic mass is 35.5. The summed E-state index contributed by atoms with van der Waals surface area (Å²) < 4.78 is 14.2. The molecule has 1 aromatic carbocycles. The van der Waals surface area contributed by atoms with Gasteiger partial charge in [-0.3, -0.25) is 4.79 Å². The zero-order valence-corrected chi connectivity index (χ0v) is 14.3. The average Bonchev–Trinajstić information content (AvgIpc) is 3.15. The molecule has 0 aliphatic carbocycles. The number of nitriles is 1. The second-order valence-electron chi connectivity index (χ2n) is 5.62. The highest BCUT2D eigenvalue weighted by Crippen LogP contribution is 2.29. The summed E-state index contributed by atoms with van der Waals surface area (Å²) in [7, 11) is 0. The maximum Gasteiger partial charge on any atom is 0.257 e. The highest BCUT2D eigenvalue weighted by molar-refractivity contribution is 6.30. The second kappa shape index (κ2) is 6.55. The van der Waals surface area contributed by atoms with Crippen molar-refractivity contribution in [3.8, 4) is 17.2 Å². The Morgan fingerprint density at radius 3 is 2.81 bits per heavy atom. The number of H-pyrrole nitrogens is 2. The fourth-order valence-corrected chi connectivity index (χ4v) is 2.89. The molecule has 4 aromatic rings. The van der Waals surface area contributed by atoms with E-state index in [0.717, 1.165) is 0 Å². The summed E-state index contributed by atoms with van der Waals surface area (Å²) in [6.07, 6.45) is 3.06. The monoisotopic (exact) mass is 380 g/mol. The lowest BCUT2D eigenvalue weighted by Gasteiger charge is -2.11. The van der Waals surface area contributed by atoms with Crippen molar-refractivity contribution in [2.24, 2.45) is 0 Å². The van der Waals surface area contributed by atoms with Gasteiger partial charge in [-0.2, -0.15) is 5.26 Å². The van der Waals surface area contributed by atoms with Crippen LogP contribution in [0.1, 0.15) is 5.69 Å². The van der Waals surface area contributed by atoms with Crippen LogP contribution in [-0.2, 0) is 0 Å². The molecule has 0 bridgehead atoms. The predicted octanol–water partition coefficient (Wildman–Crippen LogP) is 3.72. The molecule has 7 nitrogen and oxygen atoms in total. The molecule has 9 heteroatoms. The Bertz CT molecular complexity index is 1270. The van der Waals surface area contributed by atoms with Gasteiger partial charge in [0.05, 0.1) is 23.3 Å². The molecule has 0 aliphatic heterocycles. The Kier molecular flexibility index (Phi) is 4.06. The van der Waals surface area contributed by atoms with E-state index in [4.69, 9.17) is 11.6 Å². The average molecular weight is 381 g/mol. The van der Waals surface area contributed by atoms with E-state index in [0.29, 0.717) is 22.5 Å². The maximum absolute atomic E-state index is 14.2. The summed E-state index contributed by atoms with van der Waals surface area (Å²) in [6, 6.07) is 8.93. The number of halogens is 2. The number of pyridine rings is 2. The molecule has 3 aromatic heterocycles. The smallest absolute Gasteiger partial charge is 0.257 e. The fourth-order valence-electron chi connectivity index (χ4n) is 2.72. The predicted molar refractivity (Wildman–Crippen MR) is 99.4 cm³/mol. The Morgan fingerprint density at radius 2 is 2.00 bits per heavy atom. The lowest BCUT2D eigenvalue weighted by atomic mass is 10.1. The molecule has 0 radical (unpaired) electrons. The molecule has 0 fully saturated rings. The molecule has 0 aliphatic rings. The first kappa shape index (κ1) is 16.8. The SMILES string of the molecule is N#Cc1[nH]c(=O)c(-c2cc(Cl)ccc2F)cc1Nc1ccnc2[nH]cnc12. The van der Waals surface area contributed by atoms with Crippen LogP contribution in [-0.4, -0.2) is 19.9 Å². The molecule has 0 amide bonds. The molecule has 132 valence electrons. The van der Waals surface area contributed by atoms with Gasteiger partial charge in [0.1, 0.15) is 23.1 Å². The molecule has 0 atom stereocenters. The van der Waals surface area contributed by atoms with Gasteiger partial charge in [0.2, 0.25) is 0 Å². The molecule has 27 heavy (non-hydrogen) atoms. The molecular formula is C18H10ClFN6O. The quantitative estimate of drug-likeness (QED) is 0.501. The first-order valence-electron chi connectivity index (χ1n) is 7.75. The number of fused-ring (bicyclic) bond motifs is 1. The van der Waals surface area contributed by atoms with Gasteiger partial charge in [-0.25, -0.2) is 14.4 Å². The van der Waals surface area contributed by atoms with Crippen LogP contribution >= 0.6 is 11.6 Å². The number of benzene rings is 1. The fraction of sp³-hybridized carbons (Fsp3) is 0. The Balaban J connectivity index is 1.88. The minimum Gasteiger partial charge on any atom is -0.351 e. The zero-order valence-electron chi connectivity index (χ0n) is 13.5. The molecule has 0 unspecified atom stereocenters. The largest absolute Gasteiger partial charge is 0.351 e. The zero-order chi connectivity index (χ0) is 19.0. The minimum atomic E-state index is -0.599. The summed E-state index contributed by atoms with van der Waals surface area (Å²) in [5.74, 6) is -0.598. The summed E-state index contributed by atoms with van der Waals surface area (Å²) in [5.41, 5.74) is 1.47. The highest BCUT2D eigenvalue weighted by Gasteiger charge is 2.15. The van der Waals surface area contributed by atoms with Crippen molar-refractivity contribution in [2.45, 2.75) is 0 Å². The minimum absolute atomic E-state index is 0.00619. The Labute approximate surface area is 156 Å². The van der Waals surface area contributed by atoms with Gasteiger partial charge in [0.25, 0.3) is 5.56 Å². The van der Waals surface area contributed by atoms with Gasteiger partial charge in [0, 0.05) is 16.8 Å². The van der Waals surface area contributed by atoms with Crippen molar-refractivity contribution >= 4 is 34.1 Å². The Morgan fingerprint density at radius 1 is 1.15 bits per heavy atom. The molecule has 4 rings (SSSR count). The van der Waals surface area contributed by atoms with Crippen LogP contribution in [0.4, 0.5) is 15.8 Å². The van der Waals surface area contributed by atoms with E-state index < -0.39 is 11.4 Å². The van der Waals surface area contributed by atoms with Gasteiger partial charge >= 0.3 is 0 Å². The first-order chi connectivity index (χ1) is 13.1. The third-order valence-electron chi connectivity index (χ3n) is 3.96. The van der Waals surface area contributed by atoms with E-state index >= 15 is 0 Å². The van der Waals surface area contributed by atoms with Crippen molar-refractivity contribution in [2.75, 3.05) is 5.32 Å². The van der Waals surface area contributed by atoms with Crippen LogP contribution in [0.3, 0.4) is 0 Å². The van der Waals surface area contributed by atoms with Gasteiger partial charge in [-0.1, -0.05) is 11.6 Å². The molecular weight excluding hydrogens is 371 g/mol. The van der Waals surface area contributed by atoms with E-state index in [2.05, 4.69) is 25.3 Å². The first-order valence-corrected chi connectivity index (χ1v) is 8.12. The summed E-state index contributed by atoms with van der Waals surface area (Å²) in [5, 5.41) is 12.7. The van der Waals surface area contributed by atoms with Crippen LogP contribution in [0.5, 0.6) is 0 Å². The number of nitrogens with zero attached hydrogens (tertiary/aromatic N) is 3. The van der Waals surface area contributed by atoms with Crippen molar-refractivity contribution in [3.05, 3.63) is 69.7 Å². The summed E-state index contributed by atoms with van der Waals surface area (Å²) in [4.78, 5) is 26.0. The van der Waals surface area contributed by atoms with Crippen molar-refractivity contribution in [3.63, 3.8) is 0 Å². The van der Waals surface area contributed by atoms with Crippen LogP contribution in [0.25, 0.3) is 22.3 Å². The van der Waals surface area contributed by atoms with E-state index in [9.17, 15) is 14.4 Å². The number of imidazole rings is 1. The number of hydrogen-bond donors (Lipinski definition) is 3. The number of anilines is 2. The van der Waals surface area contributed by atoms with Crippen LogP contribution in [0.15, 0.2) is 47.7 Å². The molecule has 3 N–H and O–H groups in total. The standard InChI is InChI=1S/C18H10ClFN6O/c19-9-1-2-12(20)10(5-9)11-6-14(15(7-21)26-18(11)27)25-13-3-4-22-17-16(13)23-8-24-17/h1-6,8H,(H,26,27)(H2,22,23,24,25). The number of aromatic nitrogens is 4. The van der Waals surface area contributed by atoms with E-state index in [1.807, 2.05) is 6.07 Å². The third-order valence-corrected chi connectivity index (χ3v) is 4.20. The lowest BCUT2D eigenvalue weighted by molar-refractivity contribution is 0.631. The summed E-state index contributed by atoms with van der Waals surface area (Å²) >= 11 is 5.93. The van der Waals surface area contributed by atoms with Gasteiger partial charge < -0.3 is 15.3 Å². The van der Waals surface area contributed by atoms with Crippen molar-refractivity contribution in [1.29, 1.82) is 5.26 Å².